The van der Waals surface area contributed by atoms with Crippen molar-refractivity contribution in [1.82, 2.24) is 9.55 Å². The molecule has 0 spiro atoms. The van der Waals surface area contributed by atoms with Gasteiger partial charge in [0.05, 0.1) is 29.5 Å². The summed E-state index contributed by atoms with van der Waals surface area (Å²) < 4.78 is 6.34. The predicted octanol–water partition coefficient (Wildman–Crippen LogP) is 0.376. The van der Waals surface area contributed by atoms with Gasteiger partial charge in [-0.05, 0) is 6.92 Å². The van der Waals surface area contributed by atoms with Gasteiger partial charge in [-0.25, -0.2) is 4.79 Å². The van der Waals surface area contributed by atoms with Crippen molar-refractivity contribution in [3.63, 3.8) is 0 Å². The maximum Gasteiger partial charge on any atom is 0.340 e. The highest BCUT2D eigenvalue weighted by Crippen LogP contribution is 2.30. The molecule has 0 radical (unpaired) electrons. The molecule has 0 fully saturated rings. The Bertz CT molecular complexity index is 786. The molecule has 2 heterocycles. The highest BCUT2D eigenvalue weighted by atomic mass is 16.5. The van der Waals surface area contributed by atoms with Gasteiger partial charge in [0.2, 0.25) is 0 Å². The van der Waals surface area contributed by atoms with Crippen LogP contribution in [0.2, 0.25) is 0 Å². The van der Waals surface area contributed by atoms with Crippen LogP contribution in [0, 0.1) is 0 Å². The summed E-state index contributed by atoms with van der Waals surface area (Å²) in [5, 5.41) is 19.1. The van der Waals surface area contributed by atoms with Gasteiger partial charge < -0.3 is 24.5 Å². The fourth-order valence-electron chi connectivity index (χ4n) is 2.14. The summed E-state index contributed by atoms with van der Waals surface area (Å²) in [5.74, 6) is -2.43. The van der Waals surface area contributed by atoms with Crippen molar-refractivity contribution in [3.8, 4) is 5.75 Å². The molecule has 0 aliphatic rings. The number of esters is 1. The van der Waals surface area contributed by atoms with Crippen molar-refractivity contribution in [2.45, 2.75) is 13.3 Å². The smallest absolute Gasteiger partial charge is 0.340 e. The first-order chi connectivity index (χ1) is 9.86. The lowest BCUT2D eigenvalue weighted by Gasteiger charge is -2.05. The third kappa shape index (κ3) is 2.47. The summed E-state index contributed by atoms with van der Waals surface area (Å²) in [7, 11) is 1.58. The van der Waals surface area contributed by atoms with E-state index in [2.05, 4.69) is 4.98 Å². The van der Waals surface area contributed by atoms with Crippen LogP contribution in [0.5, 0.6) is 5.75 Å². The van der Waals surface area contributed by atoms with Gasteiger partial charge in [0.25, 0.3) is 5.56 Å². The Balaban J connectivity index is 2.77. The molecule has 3 N–H and O–H groups in total. The van der Waals surface area contributed by atoms with Gasteiger partial charge in [-0.15, -0.1) is 0 Å². The molecular formula is C13H14N2O6. The van der Waals surface area contributed by atoms with E-state index in [-0.39, 0.29) is 28.8 Å². The van der Waals surface area contributed by atoms with Crippen LogP contribution in [0.3, 0.4) is 0 Å². The number of aryl methyl sites for hydroxylation is 1. The van der Waals surface area contributed by atoms with Crippen LogP contribution in [0.1, 0.15) is 22.8 Å². The van der Waals surface area contributed by atoms with Crippen molar-refractivity contribution in [2.75, 3.05) is 6.61 Å². The molecule has 2 rings (SSSR count). The van der Waals surface area contributed by atoms with Crippen LogP contribution in [-0.2, 0) is 23.0 Å². The zero-order chi connectivity index (χ0) is 15.7. The summed E-state index contributed by atoms with van der Waals surface area (Å²) in [6.07, 6.45) is 0.761. The second-order valence-electron chi connectivity index (χ2n) is 4.45. The van der Waals surface area contributed by atoms with E-state index >= 15 is 0 Å². The number of rotatable bonds is 4. The number of aromatic nitrogens is 2. The van der Waals surface area contributed by atoms with Crippen LogP contribution in [0.25, 0.3) is 11.0 Å². The number of aromatic amines is 1. The number of pyridine rings is 1. The number of carboxylic acid groups (broad SMARTS) is 1. The highest BCUT2D eigenvalue weighted by molar-refractivity contribution is 6.06. The van der Waals surface area contributed by atoms with E-state index in [4.69, 9.17) is 9.84 Å². The van der Waals surface area contributed by atoms with Crippen molar-refractivity contribution in [2.24, 2.45) is 7.05 Å². The number of hydrogen-bond donors (Lipinski definition) is 3. The molecule has 0 saturated carbocycles. The summed E-state index contributed by atoms with van der Waals surface area (Å²) in [4.78, 5) is 37.0. The largest absolute Gasteiger partial charge is 0.507 e. The number of carbonyl (C=O) groups excluding carboxylic acids is 1. The van der Waals surface area contributed by atoms with Crippen LogP contribution in [0.4, 0.5) is 0 Å². The van der Waals surface area contributed by atoms with Crippen molar-refractivity contribution >= 4 is 23.0 Å². The average Bonchev–Trinajstić information content (AvgIpc) is 2.72. The van der Waals surface area contributed by atoms with E-state index in [0.29, 0.717) is 0 Å². The predicted molar refractivity (Wildman–Crippen MR) is 72.5 cm³/mol. The molecule has 0 saturated heterocycles. The minimum atomic E-state index is -1.26. The lowest BCUT2D eigenvalue weighted by Crippen LogP contribution is -2.17. The molecule has 8 heteroatoms. The second kappa shape index (κ2) is 5.31. The van der Waals surface area contributed by atoms with Crippen LogP contribution < -0.4 is 5.56 Å². The quantitative estimate of drug-likeness (QED) is 0.701. The van der Waals surface area contributed by atoms with Crippen LogP contribution in [-0.4, -0.2) is 38.3 Å². The molecule has 0 unspecified atom stereocenters. The third-order valence-electron chi connectivity index (χ3n) is 3.03. The third-order valence-corrected chi connectivity index (χ3v) is 3.03. The topological polar surface area (TPSA) is 122 Å². The first-order valence-corrected chi connectivity index (χ1v) is 6.18. The van der Waals surface area contributed by atoms with E-state index in [9.17, 15) is 19.5 Å². The number of ether oxygens (including phenoxy) is 1. The Morgan fingerprint density at radius 2 is 2.10 bits per heavy atom. The summed E-state index contributed by atoms with van der Waals surface area (Å²) in [5.41, 5.74) is -0.727. The van der Waals surface area contributed by atoms with Crippen molar-refractivity contribution in [3.05, 3.63) is 27.7 Å². The van der Waals surface area contributed by atoms with Gasteiger partial charge in [-0.1, -0.05) is 0 Å². The molecule has 0 aliphatic heterocycles. The summed E-state index contributed by atoms with van der Waals surface area (Å²) in [6.45, 7) is 1.79. The molecule has 2 aromatic heterocycles. The van der Waals surface area contributed by atoms with E-state index < -0.39 is 29.7 Å². The summed E-state index contributed by atoms with van der Waals surface area (Å²) >= 11 is 0. The van der Waals surface area contributed by atoms with Gasteiger partial charge in [-0.2, -0.15) is 0 Å². The highest BCUT2D eigenvalue weighted by Gasteiger charge is 2.23. The lowest BCUT2D eigenvalue weighted by molar-refractivity contribution is -0.136. The van der Waals surface area contributed by atoms with E-state index in [1.807, 2.05) is 0 Å². The standard InChI is InChI=1S/C13H14N2O6/c1-3-21-13(20)7-5-15(2)11-9(7)10(18)6(4-8(16)17)12(19)14-11/h5H,3-4H2,1-2H3,(H,16,17)(H2,14,18,19). The Morgan fingerprint density at radius 1 is 1.43 bits per heavy atom. The number of fused-ring (bicyclic) bond motifs is 1. The molecule has 0 bridgehead atoms. The van der Waals surface area contributed by atoms with Crippen LogP contribution >= 0.6 is 0 Å². The van der Waals surface area contributed by atoms with Crippen molar-refractivity contribution in [1.29, 1.82) is 0 Å². The number of carbonyl (C=O) groups is 2. The van der Waals surface area contributed by atoms with Crippen LogP contribution in [0.15, 0.2) is 11.0 Å². The maximum atomic E-state index is 11.9. The Kier molecular flexibility index (Phi) is 3.70. The summed E-state index contributed by atoms with van der Waals surface area (Å²) in [6, 6.07) is 0. The number of carboxylic acids is 1. The van der Waals surface area contributed by atoms with Gasteiger partial charge in [-0.3, -0.25) is 9.59 Å². The van der Waals surface area contributed by atoms with Gasteiger partial charge in [0, 0.05) is 13.2 Å². The first kappa shape index (κ1) is 14.6. The number of hydrogen-bond acceptors (Lipinski definition) is 5. The number of aliphatic carboxylic acids is 1. The zero-order valence-corrected chi connectivity index (χ0v) is 11.5. The van der Waals surface area contributed by atoms with Gasteiger partial charge in [0.15, 0.2) is 0 Å². The fraction of sp³-hybridized carbons (Fsp3) is 0.308. The Labute approximate surface area is 118 Å². The Morgan fingerprint density at radius 3 is 2.67 bits per heavy atom. The monoisotopic (exact) mass is 294 g/mol. The number of H-pyrrole nitrogens is 1. The molecular weight excluding hydrogens is 280 g/mol. The first-order valence-electron chi connectivity index (χ1n) is 6.18. The van der Waals surface area contributed by atoms with Gasteiger partial charge >= 0.3 is 11.9 Å². The molecule has 0 atom stereocenters. The fourth-order valence-corrected chi connectivity index (χ4v) is 2.14. The minimum absolute atomic E-state index is 0.0646. The second-order valence-corrected chi connectivity index (χ2v) is 4.45. The molecule has 2 aromatic rings. The zero-order valence-electron chi connectivity index (χ0n) is 11.5. The Hall–Kier alpha value is -2.77. The normalized spacial score (nSPS) is 10.8. The molecule has 21 heavy (non-hydrogen) atoms. The van der Waals surface area contributed by atoms with E-state index in [0.717, 1.165) is 0 Å². The molecule has 0 aliphatic carbocycles. The maximum absolute atomic E-state index is 11.9. The minimum Gasteiger partial charge on any atom is -0.507 e. The molecule has 112 valence electrons. The molecule has 0 aromatic carbocycles. The van der Waals surface area contributed by atoms with E-state index in [1.54, 1.807) is 14.0 Å². The number of aromatic hydroxyl groups is 1. The van der Waals surface area contributed by atoms with Crippen molar-refractivity contribution < 1.29 is 24.5 Å². The van der Waals surface area contributed by atoms with E-state index in [1.165, 1.54) is 10.8 Å². The average molecular weight is 294 g/mol. The number of nitrogens with zero attached hydrogens (tertiary/aromatic N) is 1. The number of nitrogens with one attached hydrogen (secondary N) is 1. The SMILES string of the molecule is CCOC(=O)c1cn(C)c2[nH]c(=O)c(CC(=O)O)c(O)c12. The van der Waals surface area contributed by atoms with Gasteiger partial charge in [0.1, 0.15) is 11.4 Å². The molecule has 8 nitrogen and oxygen atoms in total. The lowest BCUT2D eigenvalue weighted by atomic mass is 10.1. The molecule has 0 amide bonds.